The molecular formula is C17H18BrF2N. The third-order valence-corrected chi connectivity index (χ3v) is 3.85. The molecule has 1 unspecified atom stereocenters. The highest BCUT2D eigenvalue weighted by Crippen LogP contribution is 2.29. The van der Waals surface area contributed by atoms with Crippen molar-refractivity contribution in [2.24, 2.45) is 0 Å². The van der Waals surface area contributed by atoms with Gasteiger partial charge in [-0.25, -0.2) is 8.78 Å². The summed E-state index contributed by atoms with van der Waals surface area (Å²) >= 11 is 3.45. The first-order valence-electron chi connectivity index (χ1n) is 6.88. The van der Waals surface area contributed by atoms with Crippen LogP contribution >= 0.6 is 15.9 Å². The van der Waals surface area contributed by atoms with Gasteiger partial charge in [-0.2, -0.15) is 0 Å². The van der Waals surface area contributed by atoms with Crippen LogP contribution in [0.1, 0.15) is 35.2 Å². The van der Waals surface area contributed by atoms with Gasteiger partial charge in [0, 0.05) is 10.0 Å². The van der Waals surface area contributed by atoms with E-state index in [1.165, 1.54) is 12.1 Å². The van der Waals surface area contributed by atoms with Crippen LogP contribution in [-0.4, -0.2) is 6.54 Å². The number of nitrogens with one attached hydrogen (secondary N) is 1. The predicted molar refractivity (Wildman–Crippen MR) is 85.5 cm³/mol. The summed E-state index contributed by atoms with van der Waals surface area (Å²) in [5, 5.41) is 3.23. The third kappa shape index (κ3) is 3.69. The Morgan fingerprint density at radius 2 is 1.76 bits per heavy atom. The van der Waals surface area contributed by atoms with E-state index >= 15 is 0 Å². The van der Waals surface area contributed by atoms with E-state index in [0.29, 0.717) is 17.7 Å². The Bertz CT molecular complexity index is 635. The molecule has 0 fully saturated rings. The maximum Gasteiger partial charge on any atom is 0.128 e. The first kappa shape index (κ1) is 16.1. The average Bonchev–Trinajstić information content (AvgIpc) is 2.39. The first-order chi connectivity index (χ1) is 9.92. The van der Waals surface area contributed by atoms with E-state index in [4.69, 9.17) is 0 Å². The highest BCUT2D eigenvalue weighted by atomic mass is 79.9. The molecule has 1 nitrogen and oxygen atoms in total. The van der Waals surface area contributed by atoms with E-state index in [1.807, 2.05) is 32.0 Å². The number of aryl methyl sites for hydroxylation is 2. The first-order valence-corrected chi connectivity index (χ1v) is 7.67. The number of hydrogen-bond donors (Lipinski definition) is 1. The van der Waals surface area contributed by atoms with Crippen LogP contribution < -0.4 is 5.32 Å². The van der Waals surface area contributed by atoms with Crippen LogP contribution in [0.3, 0.4) is 0 Å². The lowest BCUT2D eigenvalue weighted by Crippen LogP contribution is -2.23. The van der Waals surface area contributed by atoms with Crippen molar-refractivity contribution in [3.63, 3.8) is 0 Å². The molecule has 0 aliphatic carbocycles. The van der Waals surface area contributed by atoms with Crippen molar-refractivity contribution in [3.8, 4) is 0 Å². The van der Waals surface area contributed by atoms with Crippen molar-refractivity contribution in [1.82, 2.24) is 5.32 Å². The Labute approximate surface area is 132 Å². The van der Waals surface area contributed by atoms with Crippen LogP contribution in [0.2, 0.25) is 0 Å². The molecule has 0 bridgehead atoms. The minimum absolute atomic E-state index is 0.317. The fourth-order valence-corrected chi connectivity index (χ4v) is 3.05. The molecule has 2 rings (SSSR count). The van der Waals surface area contributed by atoms with Gasteiger partial charge < -0.3 is 5.32 Å². The maximum atomic E-state index is 14.3. The Balaban J connectivity index is 2.55. The fraction of sp³-hybridized carbons (Fsp3) is 0.294. The van der Waals surface area contributed by atoms with E-state index in [-0.39, 0.29) is 11.9 Å². The normalized spacial score (nSPS) is 12.5. The Morgan fingerprint density at radius 3 is 2.38 bits per heavy atom. The molecule has 21 heavy (non-hydrogen) atoms. The van der Waals surface area contributed by atoms with Gasteiger partial charge in [-0.15, -0.1) is 0 Å². The summed E-state index contributed by atoms with van der Waals surface area (Å²) in [4.78, 5) is 0. The fourth-order valence-electron chi connectivity index (χ4n) is 2.43. The second kappa shape index (κ2) is 6.67. The van der Waals surface area contributed by atoms with E-state index in [2.05, 4.69) is 21.2 Å². The summed E-state index contributed by atoms with van der Waals surface area (Å²) in [5.74, 6) is -0.779. The largest absolute Gasteiger partial charge is 0.306 e. The number of halogens is 3. The summed E-state index contributed by atoms with van der Waals surface area (Å²) in [6.45, 7) is 6.14. The molecule has 0 saturated carbocycles. The molecule has 0 aliphatic rings. The van der Waals surface area contributed by atoms with Gasteiger partial charge in [0.2, 0.25) is 0 Å². The smallest absolute Gasteiger partial charge is 0.128 e. The Morgan fingerprint density at radius 1 is 1.05 bits per heavy atom. The molecule has 0 saturated heterocycles. The van der Waals surface area contributed by atoms with Crippen molar-refractivity contribution in [2.75, 3.05) is 6.54 Å². The van der Waals surface area contributed by atoms with Gasteiger partial charge in [0.15, 0.2) is 0 Å². The van der Waals surface area contributed by atoms with Crippen molar-refractivity contribution in [3.05, 3.63) is 68.7 Å². The Kier molecular flexibility index (Phi) is 5.12. The molecule has 1 atom stereocenters. The molecule has 0 amide bonds. The quantitative estimate of drug-likeness (QED) is 0.811. The molecule has 0 radical (unpaired) electrons. The number of rotatable bonds is 4. The van der Waals surface area contributed by atoms with Crippen LogP contribution in [0.4, 0.5) is 8.78 Å². The molecule has 2 aromatic carbocycles. The zero-order valence-corrected chi connectivity index (χ0v) is 13.9. The van der Waals surface area contributed by atoms with Gasteiger partial charge in [0.25, 0.3) is 0 Å². The lowest BCUT2D eigenvalue weighted by atomic mass is 9.95. The number of benzene rings is 2. The SMILES string of the molecule is CCNC(c1cc(C)cc(Br)c1)c1cc(F)c(C)cc1F. The van der Waals surface area contributed by atoms with Crippen molar-refractivity contribution < 1.29 is 8.78 Å². The second-order valence-electron chi connectivity index (χ2n) is 5.18. The van der Waals surface area contributed by atoms with Crippen LogP contribution in [-0.2, 0) is 0 Å². The zero-order chi connectivity index (χ0) is 15.6. The summed E-state index contributed by atoms with van der Waals surface area (Å²) in [6, 6.07) is 8.06. The van der Waals surface area contributed by atoms with Gasteiger partial charge in [-0.3, -0.25) is 0 Å². The summed E-state index contributed by atoms with van der Waals surface area (Å²) in [7, 11) is 0. The number of hydrogen-bond acceptors (Lipinski definition) is 1. The molecular weight excluding hydrogens is 336 g/mol. The van der Waals surface area contributed by atoms with Crippen LogP contribution in [0.5, 0.6) is 0 Å². The van der Waals surface area contributed by atoms with E-state index in [1.54, 1.807) is 6.92 Å². The molecule has 0 spiro atoms. The highest BCUT2D eigenvalue weighted by molar-refractivity contribution is 9.10. The minimum atomic E-state index is -0.391. The van der Waals surface area contributed by atoms with Gasteiger partial charge in [0.05, 0.1) is 6.04 Å². The zero-order valence-electron chi connectivity index (χ0n) is 12.3. The van der Waals surface area contributed by atoms with Crippen LogP contribution in [0.25, 0.3) is 0 Å². The molecule has 2 aromatic rings. The van der Waals surface area contributed by atoms with Crippen LogP contribution in [0.15, 0.2) is 34.8 Å². The van der Waals surface area contributed by atoms with Gasteiger partial charge in [0.1, 0.15) is 11.6 Å². The summed E-state index contributed by atoms with van der Waals surface area (Å²) in [6.07, 6.45) is 0. The van der Waals surface area contributed by atoms with Gasteiger partial charge >= 0.3 is 0 Å². The molecule has 1 N–H and O–H groups in total. The third-order valence-electron chi connectivity index (χ3n) is 3.39. The maximum absolute atomic E-state index is 14.3. The molecule has 112 valence electrons. The van der Waals surface area contributed by atoms with Gasteiger partial charge in [-0.1, -0.05) is 28.9 Å². The lowest BCUT2D eigenvalue weighted by molar-refractivity contribution is 0.541. The Hall–Kier alpha value is -1.26. The second-order valence-corrected chi connectivity index (χ2v) is 6.09. The molecule has 0 heterocycles. The predicted octanol–water partition coefficient (Wildman–Crippen LogP) is 5.04. The van der Waals surface area contributed by atoms with Crippen LogP contribution in [0, 0.1) is 25.5 Å². The summed E-state index contributed by atoms with van der Waals surface area (Å²) in [5.41, 5.74) is 2.62. The monoisotopic (exact) mass is 353 g/mol. The van der Waals surface area contributed by atoms with Crippen molar-refractivity contribution in [2.45, 2.75) is 26.8 Å². The van der Waals surface area contributed by atoms with Gasteiger partial charge in [-0.05, 0) is 61.3 Å². The summed E-state index contributed by atoms with van der Waals surface area (Å²) < 4.78 is 29.0. The van der Waals surface area contributed by atoms with E-state index in [9.17, 15) is 8.78 Å². The van der Waals surface area contributed by atoms with Crippen molar-refractivity contribution in [1.29, 1.82) is 0 Å². The average molecular weight is 354 g/mol. The molecule has 4 heteroatoms. The molecule has 0 aromatic heterocycles. The topological polar surface area (TPSA) is 12.0 Å². The standard InChI is InChI=1S/C17H18BrF2N/c1-4-21-17(12-5-10(2)6-13(18)8-12)14-9-15(19)11(3)7-16(14)20/h5-9,17,21H,4H2,1-3H3. The van der Waals surface area contributed by atoms with E-state index < -0.39 is 5.82 Å². The van der Waals surface area contributed by atoms with E-state index in [0.717, 1.165) is 15.6 Å². The minimum Gasteiger partial charge on any atom is -0.306 e. The lowest BCUT2D eigenvalue weighted by Gasteiger charge is -2.21. The highest BCUT2D eigenvalue weighted by Gasteiger charge is 2.19. The van der Waals surface area contributed by atoms with Crippen molar-refractivity contribution >= 4 is 15.9 Å². The molecule has 0 aliphatic heterocycles.